The van der Waals surface area contributed by atoms with Gasteiger partial charge in [-0.2, -0.15) is 5.26 Å². The molecule has 2 aromatic rings. The summed E-state index contributed by atoms with van der Waals surface area (Å²) in [6, 6.07) is 10.9. The van der Waals surface area contributed by atoms with Crippen LogP contribution in [0.15, 0.2) is 42.7 Å². The van der Waals surface area contributed by atoms with E-state index in [1.807, 2.05) is 6.07 Å². The lowest BCUT2D eigenvalue weighted by Gasteiger charge is -2.44. The molecule has 132 valence electrons. The Labute approximate surface area is 152 Å². The van der Waals surface area contributed by atoms with E-state index in [0.29, 0.717) is 28.5 Å². The van der Waals surface area contributed by atoms with Crippen LogP contribution in [0.25, 0.3) is 0 Å². The molecule has 1 N–H and O–H groups in total. The number of rotatable bonds is 4. The maximum absolute atomic E-state index is 12.5. The Morgan fingerprint density at radius 3 is 2.62 bits per heavy atom. The molecule has 0 aliphatic carbocycles. The Hall–Kier alpha value is -2.91. The number of amides is 1. The van der Waals surface area contributed by atoms with Gasteiger partial charge in [-0.3, -0.25) is 9.78 Å². The number of nitrogens with one attached hydrogen (secondary N) is 1. The molecule has 3 aliphatic heterocycles. The third-order valence-electron chi connectivity index (χ3n) is 5.17. The van der Waals surface area contributed by atoms with Crippen molar-refractivity contribution in [3.8, 4) is 17.6 Å². The van der Waals surface area contributed by atoms with Crippen LogP contribution in [0, 0.1) is 17.2 Å². The zero-order chi connectivity index (χ0) is 17.9. The molecule has 2 bridgehead atoms. The highest BCUT2D eigenvalue weighted by atomic mass is 16.5. The van der Waals surface area contributed by atoms with Gasteiger partial charge in [0.2, 0.25) is 0 Å². The quantitative estimate of drug-likeness (QED) is 0.919. The van der Waals surface area contributed by atoms with Gasteiger partial charge in [-0.15, -0.1) is 0 Å². The van der Waals surface area contributed by atoms with Gasteiger partial charge in [0, 0.05) is 30.4 Å². The van der Waals surface area contributed by atoms with Crippen molar-refractivity contribution in [2.24, 2.45) is 5.92 Å². The number of fused-ring (bicyclic) bond motifs is 3. The van der Waals surface area contributed by atoms with Gasteiger partial charge < -0.3 is 15.0 Å². The maximum atomic E-state index is 12.5. The number of hydrogen-bond donors (Lipinski definition) is 1. The second-order valence-electron chi connectivity index (χ2n) is 6.87. The number of carbonyl (C=O) groups excluding carboxylic acids is 1. The fourth-order valence-electron chi connectivity index (χ4n) is 3.73. The zero-order valence-corrected chi connectivity index (χ0v) is 14.4. The number of hydrogen-bond acceptors (Lipinski definition) is 5. The van der Waals surface area contributed by atoms with Crippen LogP contribution >= 0.6 is 0 Å². The van der Waals surface area contributed by atoms with E-state index in [0.717, 1.165) is 19.6 Å². The fraction of sp³-hybridized carbons (Fsp3) is 0.350. The molecule has 26 heavy (non-hydrogen) atoms. The van der Waals surface area contributed by atoms with Crippen LogP contribution in [0.2, 0.25) is 0 Å². The van der Waals surface area contributed by atoms with E-state index in [2.05, 4.69) is 15.2 Å². The Kier molecular flexibility index (Phi) is 4.55. The summed E-state index contributed by atoms with van der Waals surface area (Å²) in [6.45, 7) is 3.27. The SMILES string of the molecule is N#Cc1cncc(Oc2ccc(C(=O)N[C@H]3CN4CCC3CC4)cc2)c1. The van der Waals surface area contributed by atoms with Gasteiger partial charge in [0.05, 0.1) is 11.8 Å². The minimum Gasteiger partial charge on any atom is -0.456 e. The summed E-state index contributed by atoms with van der Waals surface area (Å²) in [5, 5.41) is 12.1. The molecule has 3 aliphatic rings. The average Bonchev–Trinajstić information content (AvgIpc) is 2.69. The van der Waals surface area contributed by atoms with Crippen LogP contribution in [0.4, 0.5) is 0 Å². The number of pyridine rings is 1. The van der Waals surface area contributed by atoms with Crippen molar-refractivity contribution in [1.82, 2.24) is 15.2 Å². The molecule has 3 fully saturated rings. The number of nitriles is 1. The van der Waals surface area contributed by atoms with E-state index in [-0.39, 0.29) is 11.9 Å². The van der Waals surface area contributed by atoms with Gasteiger partial charge in [0.15, 0.2) is 0 Å². The summed E-state index contributed by atoms with van der Waals surface area (Å²) in [5.41, 5.74) is 1.06. The van der Waals surface area contributed by atoms with Crippen LogP contribution in [0.5, 0.6) is 11.5 Å². The van der Waals surface area contributed by atoms with Gasteiger partial charge in [-0.1, -0.05) is 0 Å². The first-order chi connectivity index (χ1) is 12.7. The molecule has 1 aromatic heterocycles. The van der Waals surface area contributed by atoms with E-state index < -0.39 is 0 Å². The number of nitrogens with zero attached hydrogens (tertiary/aromatic N) is 3. The van der Waals surface area contributed by atoms with Crippen molar-refractivity contribution >= 4 is 5.91 Å². The lowest BCUT2D eigenvalue weighted by molar-refractivity contribution is 0.0620. The van der Waals surface area contributed by atoms with Gasteiger partial charge in [-0.25, -0.2) is 0 Å². The van der Waals surface area contributed by atoms with Crippen molar-refractivity contribution in [3.05, 3.63) is 53.9 Å². The van der Waals surface area contributed by atoms with Crippen LogP contribution in [-0.2, 0) is 0 Å². The highest BCUT2D eigenvalue weighted by Crippen LogP contribution is 2.28. The summed E-state index contributed by atoms with van der Waals surface area (Å²) >= 11 is 0. The van der Waals surface area contributed by atoms with Crippen LogP contribution < -0.4 is 10.1 Å². The molecular weight excluding hydrogens is 328 g/mol. The standard InChI is InChI=1S/C20H20N4O2/c21-10-14-9-18(12-22-11-14)26-17-3-1-16(2-4-17)20(25)23-19-13-24-7-5-15(19)6-8-24/h1-4,9,11-12,15,19H,5-8,13H2,(H,23,25)/t19-/m0/s1. The van der Waals surface area contributed by atoms with Crippen LogP contribution in [0.1, 0.15) is 28.8 Å². The highest BCUT2D eigenvalue weighted by Gasteiger charge is 2.34. The first-order valence-corrected chi connectivity index (χ1v) is 8.87. The van der Waals surface area contributed by atoms with Gasteiger partial charge in [0.25, 0.3) is 5.91 Å². The Morgan fingerprint density at radius 1 is 1.19 bits per heavy atom. The molecule has 0 unspecified atom stereocenters. The first kappa shape index (κ1) is 16.6. The van der Waals surface area contributed by atoms with Crippen molar-refractivity contribution in [2.75, 3.05) is 19.6 Å². The van der Waals surface area contributed by atoms with E-state index in [4.69, 9.17) is 10.00 Å². The normalized spacial score (nSPS) is 23.9. The highest BCUT2D eigenvalue weighted by molar-refractivity contribution is 5.94. The lowest BCUT2D eigenvalue weighted by atomic mass is 9.84. The second kappa shape index (κ2) is 7.14. The molecule has 6 nitrogen and oxygen atoms in total. The molecule has 1 amide bonds. The second-order valence-corrected chi connectivity index (χ2v) is 6.87. The molecule has 0 saturated carbocycles. The van der Waals surface area contributed by atoms with Crippen molar-refractivity contribution in [3.63, 3.8) is 0 Å². The third kappa shape index (κ3) is 3.53. The predicted octanol–water partition coefficient (Wildman–Crippen LogP) is 2.57. The third-order valence-corrected chi connectivity index (χ3v) is 5.17. The van der Waals surface area contributed by atoms with E-state index in [1.54, 1.807) is 36.5 Å². The van der Waals surface area contributed by atoms with Crippen molar-refractivity contribution < 1.29 is 9.53 Å². The monoisotopic (exact) mass is 348 g/mol. The molecule has 1 aromatic carbocycles. The van der Waals surface area contributed by atoms with E-state index in [1.165, 1.54) is 19.0 Å². The smallest absolute Gasteiger partial charge is 0.251 e. The molecule has 5 rings (SSSR count). The number of carbonyl (C=O) groups is 1. The number of aromatic nitrogens is 1. The lowest BCUT2D eigenvalue weighted by Crippen LogP contribution is -2.57. The first-order valence-electron chi connectivity index (χ1n) is 8.87. The zero-order valence-electron chi connectivity index (χ0n) is 14.4. The summed E-state index contributed by atoms with van der Waals surface area (Å²) in [6.07, 6.45) is 5.38. The molecule has 0 spiro atoms. The molecular formula is C20H20N4O2. The molecule has 6 heteroatoms. The molecule has 1 atom stereocenters. The van der Waals surface area contributed by atoms with E-state index >= 15 is 0 Å². The number of ether oxygens (including phenoxy) is 1. The summed E-state index contributed by atoms with van der Waals surface area (Å²) < 4.78 is 5.69. The number of piperidine rings is 3. The van der Waals surface area contributed by atoms with Crippen molar-refractivity contribution in [2.45, 2.75) is 18.9 Å². The van der Waals surface area contributed by atoms with Crippen molar-refractivity contribution in [1.29, 1.82) is 5.26 Å². The van der Waals surface area contributed by atoms with E-state index in [9.17, 15) is 4.79 Å². The minimum atomic E-state index is -0.0385. The molecule has 0 radical (unpaired) electrons. The maximum Gasteiger partial charge on any atom is 0.251 e. The van der Waals surface area contributed by atoms with Crippen LogP contribution in [0.3, 0.4) is 0 Å². The molecule has 4 heterocycles. The predicted molar refractivity (Wildman–Crippen MR) is 95.9 cm³/mol. The van der Waals surface area contributed by atoms with Gasteiger partial charge in [-0.05, 0) is 56.1 Å². The summed E-state index contributed by atoms with van der Waals surface area (Å²) in [5.74, 6) is 1.66. The Morgan fingerprint density at radius 2 is 1.96 bits per heavy atom. The average molecular weight is 348 g/mol. The Bertz CT molecular complexity index is 836. The summed E-state index contributed by atoms with van der Waals surface area (Å²) in [7, 11) is 0. The molecule has 3 saturated heterocycles. The number of benzene rings is 1. The topological polar surface area (TPSA) is 78.2 Å². The van der Waals surface area contributed by atoms with Gasteiger partial charge in [0.1, 0.15) is 17.6 Å². The van der Waals surface area contributed by atoms with Crippen LogP contribution in [-0.4, -0.2) is 41.5 Å². The fourth-order valence-corrected chi connectivity index (χ4v) is 3.73. The largest absolute Gasteiger partial charge is 0.456 e. The Balaban J connectivity index is 1.39. The summed E-state index contributed by atoms with van der Waals surface area (Å²) in [4.78, 5) is 18.9. The minimum absolute atomic E-state index is 0.0385. The van der Waals surface area contributed by atoms with Gasteiger partial charge >= 0.3 is 0 Å².